The van der Waals surface area contributed by atoms with E-state index in [0.29, 0.717) is 5.16 Å². The van der Waals surface area contributed by atoms with Gasteiger partial charge in [0.15, 0.2) is 5.16 Å². The Morgan fingerprint density at radius 1 is 0.875 bits per heavy atom. The van der Waals surface area contributed by atoms with Crippen LogP contribution in [-0.2, 0) is 17.6 Å². The standard InChI is InChI=1S/C27H25N3OS/c1-17-14-22-19(3)28-27(29-23(22)15-18(17)2)32-16-26(31)30-24-10-6-4-8-20(24)12-13-21-9-5-7-11-25(21)30/h4-11,14-15H,12-13,16H2,1-3H3. The van der Waals surface area contributed by atoms with Crippen LogP contribution < -0.4 is 4.90 Å². The fourth-order valence-corrected chi connectivity index (χ4v) is 5.06. The molecule has 0 fully saturated rings. The van der Waals surface area contributed by atoms with Crippen LogP contribution in [0.5, 0.6) is 0 Å². The number of aromatic nitrogens is 2. The van der Waals surface area contributed by atoms with E-state index in [0.717, 1.165) is 40.8 Å². The molecule has 0 bridgehead atoms. The number of fused-ring (bicyclic) bond motifs is 3. The molecule has 32 heavy (non-hydrogen) atoms. The highest BCUT2D eigenvalue weighted by molar-refractivity contribution is 7.99. The van der Waals surface area contributed by atoms with Gasteiger partial charge in [-0.1, -0.05) is 48.2 Å². The van der Waals surface area contributed by atoms with Gasteiger partial charge in [-0.05, 0) is 80.1 Å². The number of amides is 1. The summed E-state index contributed by atoms with van der Waals surface area (Å²) in [4.78, 5) is 24.8. The molecule has 0 unspecified atom stereocenters. The van der Waals surface area contributed by atoms with Crippen molar-refractivity contribution in [2.75, 3.05) is 10.7 Å². The molecule has 2 heterocycles. The molecule has 0 radical (unpaired) electrons. The van der Waals surface area contributed by atoms with Crippen LogP contribution in [0.2, 0.25) is 0 Å². The van der Waals surface area contributed by atoms with Crippen LogP contribution >= 0.6 is 11.8 Å². The first kappa shape index (κ1) is 20.7. The third-order valence-corrected chi connectivity index (χ3v) is 7.02. The lowest BCUT2D eigenvalue weighted by atomic mass is 10.0. The van der Waals surface area contributed by atoms with Gasteiger partial charge in [0.25, 0.3) is 0 Å². The number of hydrogen-bond donors (Lipinski definition) is 0. The average Bonchev–Trinajstić information content (AvgIpc) is 2.96. The van der Waals surface area contributed by atoms with E-state index in [1.54, 1.807) is 0 Å². The molecular weight excluding hydrogens is 414 g/mol. The van der Waals surface area contributed by atoms with Gasteiger partial charge in [-0.2, -0.15) is 0 Å². The topological polar surface area (TPSA) is 46.1 Å². The predicted molar refractivity (Wildman–Crippen MR) is 132 cm³/mol. The van der Waals surface area contributed by atoms with E-state index in [4.69, 9.17) is 4.98 Å². The number of hydrogen-bond acceptors (Lipinski definition) is 4. The number of carbonyl (C=O) groups is 1. The van der Waals surface area contributed by atoms with Crippen molar-refractivity contribution >= 4 is 39.9 Å². The number of nitrogens with zero attached hydrogens (tertiary/aromatic N) is 3. The van der Waals surface area contributed by atoms with Crippen LogP contribution in [0, 0.1) is 20.8 Å². The second kappa shape index (κ2) is 8.40. The molecule has 4 nitrogen and oxygen atoms in total. The average molecular weight is 440 g/mol. The molecule has 5 rings (SSSR count). The molecule has 0 saturated heterocycles. The molecule has 160 valence electrons. The highest BCUT2D eigenvalue weighted by atomic mass is 32.2. The summed E-state index contributed by atoms with van der Waals surface area (Å²) in [5.41, 5.74) is 8.67. The van der Waals surface area contributed by atoms with E-state index in [1.165, 1.54) is 34.0 Å². The lowest BCUT2D eigenvalue weighted by molar-refractivity contribution is -0.115. The number of carbonyl (C=O) groups excluding carboxylic acids is 1. The second-order valence-corrected chi connectivity index (χ2v) is 9.26. The summed E-state index contributed by atoms with van der Waals surface area (Å²) < 4.78 is 0. The number of para-hydroxylation sites is 2. The monoisotopic (exact) mass is 439 g/mol. The quantitative estimate of drug-likeness (QED) is 0.285. The molecule has 4 aromatic rings. The summed E-state index contributed by atoms with van der Waals surface area (Å²) in [6.45, 7) is 6.20. The maximum Gasteiger partial charge on any atom is 0.242 e. The summed E-state index contributed by atoms with van der Waals surface area (Å²) in [5.74, 6) is 0.316. The Kier molecular flexibility index (Phi) is 5.43. The summed E-state index contributed by atoms with van der Waals surface area (Å²) in [5, 5.41) is 1.71. The van der Waals surface area contributed by atoms with Gasteiger partial charge in [0.1, 0.15) is 0 Å². The molecule has 1 aromatic heterocycles. The van der Waals surface area contributed by atoms with E-state index < -0.39 is 0 Å². The third-order valence-electron chi connectivity index (χ3n) is 6.18. The van der Waals surface area contributed by atoms with E-state index in [2.05, 4.69) is 43.1 Å². The van der Waals surface area contributed by atoms with Gasteiger partial charge in [-0.3, -0.25) is 9.69 Å². The minimum Gasteiger partial charge on any atom is -0.280 e. The summed E-state index contributed by atoms with van der Waals surface area (Å²) in [6, 6.07) is 20.7. The Balaban J connectivity index is 1.46. The normalized spacial score (nSPS) is 12.9. The van der Waals surface area contributed by atoms with Gasteiger partial charge in [0, 0.05) is 11.1 Å². The predicted octanol–water partition coefficient (Wildman–Crippen LogP) is 6.11. The van der Waals surface area contributed by atoms with Gasteiger partial charge in [0.05, 0.1) is 22.6 Å². The lowest BCUT2D eigenvalue weighted by Gasteiger charge is -2.24. The van der Waals surface area contributed by atoms with Crippen molar-refractivity contribution in [3.05, 3.63) is 88.6 Å². The highest BCUT2D eigenvalue weighted by Gasteiger charge is 2.25. The van der Waals surface area contributed by atoms with Gasteiger partial charge in [0.2, 0.25) is 5.91 Å². The molecule has 3 aromatic carbocycles. The Bertz CT molecular complexity index is 1300. The van der Waals surface area contributed by atoms with Crippen LogP contribution in [0.3, 0.4) is 0 Å². The van der Waals surface area contributed by atoms with Gasteiger partial charge >= 0.3 is 0 Å². The SMILES string of the molecule is Cc1cc2nc(SCC(=O)N3c4ccccc4CCc4ccccc43)nc(C)c2cc1C. The van der Waals surface area contributed by atoms with E-state index >= 15 is 0 Å². The van der Waals surface area contributed by atoms with Crippen molar-refractivity contribution in [2.45, 2.75) is 38.8 Å². The zero-order chi connectivity index (χ0) is 22.2. The summed E-state index contributed by atoms with van der Waals surface area (Å²) >= 11 is 1.40. The third kappa shape index (κ3) is 3.78. The van der Waals surface area contributed by atoms with E-state index in [-0.39, 0.29) is 11.7 Å². The van der Waals surface area contributed by atoms with Gasteiger partial charge < -0.3 is 0 Å². The second-order valence-electron chi connectivity index (χ2n) is 8.32. The molecule has 5 heteroatoms. The van der Waals surface area contributed by atoms with Crippen molar-refractivity contribution in [1.82, 2.24) is 9.97 Å². The van der Waals surface area contributed by atoms with Crippen molar-refractivity contribution in [2.24, 2.45) is 0 Å². The summed E-state index contributed by atoms with van der Waals surface area (Å²) in [7, 11) is 0. The van der Waals surface area contributed by atoms with Crippen LogP contribution in [-0.4, -0.2) is 21.6 Å². The van der Waals surface area contributed by atoms with Crippen molar-refractivity contribution in [1.29, 1.82) is 0 Å². The zero-order valence-corrected chi connectivity index (χ0v) is 19.4. The van der Waals surface area contributed by atoms with E-state index in [9.17, 15) is 4.79 Å². The molecule has 1 aliphatic rings. The van der Waals surface area contributed by atoms with Gasteiger partial charge in [-0.15, -0.1) is 0 Å². The molecule has 0 spiro atoms. The molecule has 1 amide bonds. The Hall–Kier alpha value is -3.18. The number of thioether (sulfide) groups is 1. The largest absolute Gasteiger partial charge is 0.280 e. The first-order valence-electron chi connectivity index (χ1n) is 10.9. The molecule has 1 aliphatic heterocycles. The molecular formula is C27H25N3OS. The number of anilines is 2. The number of aryl methyl sites for hydroxylation is 5. The highest BCUT2D eigenvalue weighted by Crippen LogP contribution is 2.36. The fraction of sp³-hybridized carbons (Fsp3) is 0.222. The lowest BCUT2D eigenvalue weighted by Crippen LogP contribution is -2.28. The van der Waals surface area contributed by atoms with Crippen LogP contribution in [0.1, 0.15) is 27.9 Å². The minimum absolute atomic E-state index is 0.0400. The fourth-order valence-electron chi connectivity index (χ4n) is 4.32. The smallest absolute Gasteiger partial charge is 0.242 e. The zero-order valence-electron chi connectivity index (χ0n) is 18.6. The Morgan fingerprint density at radius 2 is 1.47 bits per heavy atom. The van der Waals surface area contributed by atoms with Crippen LogP contribution in [0.4, 0.5) is 11.4 Å². The number of benzene rings is 3. The maximum atomic E-state index is 13.5. The van der Waals surface area contributed by atoms with Crippen LogP contribution in [0.25, 0.3) is 10.9 Å². The molecule has 0 N–H and O–H groups in total. The molecule has 0 atom stereocenters. The van der Waals surface area contributed by atoms with Gasteiger partial charge in [-0.25, -0.2) is 9.97 Å². The molecule has 0 aliphatic carbocycles. The first-order valence-corrected chi connectivity index (χ1v) is 11.9. The Labute approximate surface area is 192 Å². The van der Waals surface area contributed by atoms with Crippen molar-refractivity contribution < 1.29 is 4.79 Å². The van der Waals surface area contributed by atoms with E-state index in [1.807, 2.05) is 48.2 Å². The molecule has 0 saturated carbocycles. The van der Waals surface area contributed by atoms with Crippen molar-refractivity contribution in [3.8, 4) is 0 Å². The Morgan fingerprint density at radius 3 is 2.12 bits per heavy atom. The van der Waals surface area contributed by atoms with Crippen LogP contribution in [0.15, 0.2) is 65.8 Å². The number of rotatable bonds is 3. The maximum absolute atomic E-state index is 13.5. The summed E-state index contributed by atoms with van der Waals surface area (Å²) in [6.07, 6.45) is 1.85. The minimum atomic E-state index is 0.0400. The van der Waals surface area contributed by atoms with Crippen molar-refractivity contribution in [3.63, 3.8) is 0 Å². The first-order chi connectivity index (χ1) is 15.5.